The van der Waals surface area contributed by atoms with E-state index in [2.05, 4.69) is 23.6 Å². The zero-order valence-corrected chi connectivity index (χ0v) is 12.7. The van der Waals surface area contributed by atoms with Gasteiger partial charge in [-0.15, -0.1) is 0 Å². The SMILES string of the molecule is CC(C)C1CCC(N)C(N2CCN(C3CC3)CC2)C1. The first-order valence-corrected chi connectivity index (χ1v) is 8.39. The number of nitrogens with zero attached hydrogens (tertiary/aromatic N) is 2. The highest BCUT2D eigenvalue weighted by atomic mass is 15.3. The predicted molar refractivity (Wildman–Crippen MR) is 80.1 cm³/mol. The molecule has 2 aliphatic carbocycles. The molecule has 2 saturated carbocycles. The summed E-state index contributed by atoms with van der Waals surface area (Å²) in [5.41, 5.74) is 6.42. The molecule has 0 radical (unpaired) electrons. The lowest BCUT2D eigenvalue weighted by Gasteiger charge is -2.46. The summed E-state index contributed by atoms with van der Waals surface area (Å²) in [6, 6.07) is 2.01. The first kappa shape index (κ1) is 13.8. The van der Waals surface area contributed by atoms with Crippen molar-refractivity contribution in [1.82, 2.24) is 9.80 Å². The summed E-state index contributed by atoms with van der Waals surface area (Å²) in [7, 11) is 0. The first-order chi connectivity index (χ1) is 9.15. The van der Waals surface area contributed by atoms with Crippen molar-refractivity contribution in [3.8, 4) is 0 Å². The van der Waals surface area contributed by atoms with Crippen LogP contribution in [-0.4, -0.2) is 54.1 Å². The molecule has 3 nitrogen and oxygen atoms in total. The van der Waals surface area contributed by atoms with Crippen LogP contribution in [0.3, 0.4) is 0 Å². The lowest BCUT2D eigenvalue weighted by molar-refractivity contribution is 0.0466. The monoisotopic (exact) mass is 265 g/mol. The van der Waals surface area contributed by atoms with Gasteiger partial charge in [0.15, 0.2) is 0 Å². The Balaban J connectivity index is 1.54. The van der Waals surface area contributed by atoms with E-state index in [9.17, 15) is 0 Å². The van der Waals surface area contributed by atoms with E-state index in [1.807, 2.05) is 0 Å². The van der Waals surface area contributed by atoms with Gasteiger partial charge in [0.1, 0.15) is 0 Å². The van der Waals surface area contributed by atoms with Crippen LogP contribution in [0.25, 0.3) is 0 Å². The van der Waals surface area contributed by atoms with E-state index in [1.54, 1.807) is 0 Å². The van der Waals surface area contributed by atoms with Gasteiger partial charge in [-0.05, 0) is 43.9 Å². The van der Waals surface area contributed by atoms with E-state index < -0.39 is 0 Å². The third-order valence-electron chi connectivity index (χ3n) is 5.73. The van der Waals surface area contributed by atoms with Gasteiger partial charge in [0.25, 0.3) is 0 Å². The van der Waals surface area contributed by atoms with Crippen molar-refractivity contribution in [2.24, 2.45) is 17.6 Å². The smallest absolute Gasteiger partial charge is 0.0251 e. The Morgan fingerprint density at radius 3 is 2.11 bits per heavy atom. The average molecular weight is 265 g/mol. The molecule has 1 heterocycles. The summed E-state index contributed by atoms with van der Waals surface area (Å²) in [5, 5.41) is 0. The largest absolute Gasteiger partial charge is 0.326 e. The highest BCUT2D eigenvalue weighted by Crippen LogP contribution is 2.33. The van der Waals surface area contributed by atoms with Gasteiger partial charge in [0, 0.05) is 44.3 Å². The van der Waals surface area contributed by atoms with Crippen molar-refractivity contribution >= 4 is 0 Å². The van der Waals surface area contributed by atoms with Crippen LogP contribution < -0.4 is 5.73 Å². The van der Waals surface area contributed by atoms with Gasteiger partial charge in [-0.25, -0.2) is 0 Å². The second kappa shape index (κ2) is 5.71. The highest BCUT2D eigenvalue weighted by molar-refractivity contribution is 4.94. The average Bonchev–Trinajstić information content (AvgIpc) is 3.23. The zero-order valence-electron chi connectivity index (χ0n) is 12.7. The van der Waals surface area contributed by atoms with E-state index in [0.29, 0.717) is 12.1 Å². The molecule has 3 fully saturated rings. The summed E-state index contributed by atoms with van der Waals surface area (Å²) >= 11 is 0. The second-order valence-electron chi connectivity index (χ2n) is 7.35. The highest BCUT2D eigenvalue weighted by Gasteiger charge is 2.37. The lowest BCUT2D eigenvalue weighted by Crippen LogP contribution is -2.57. The molecule has 2 N–H and O–H groups in total. The minimum absolute atomic E-state index is 0.419. The van der Waals surface area contributed by atoms with E-state index in [-0.39, 0.29) is 0 Å². The Labute approximate surface area is 118 Å². The molecule has 0 aromatic carbocycles. The van der Waals surface area contributed by atoms with Crippen LogP contribution in [0.15, 0.2) is 0 Å². The molecule has 1 aliphatic heterocycles. The van der Waals surface area contributed by atoms with Crippen molar-refractivity contribution in [3.05, 3.63) is 0 Å². The maximum absolute atomic E-state index is 6.42. The summed E-state index contributed by atoms with van der Waals surface area (Å²) in [6.07, 6.45) is 6.80. The Kier molecular flexibility index (Phi) is 4.16. The second-order valence-corrected chi connectivity index (χ2v) is 7.35. The fourth-order valence-electron chi connectivity index (χ4n) is 4.10. The quantitative estimate of drug-likeness (QED) is 0.846. The number of hydrogen-bond donors (Lipinski definition) is 1. The molecule has 19 heavy (non-hydrogen) atoms. The standard InChI is InChI=1S/C16H31N3/c1-12(2)13-3-6-15(17)16(11-13)19-9-7-18(8-10-19)14-4-5-14/h12-16H,3-11,17H2,1-2H3. The van der Waals surface area contributed by atoms with Crippen LogP contribution in [0.1, 0.15) is 46.0 Å². The molecule has 0 aromatic rings. The molecule has 3 unspecified atom stereocenters. The molecule has 1 saturated heterocycles. The van der Waals surface area contributed by atoms with Crippen LogP contribution in [0.2, 0.25) is 0 Å². The number of nitrogens with two attached hydrogens (primary N) is 1. The van der Waals surface area contributed by atoms with Gasteiger partial charge in [-0.3, -0.25) is 9.80 Å². The van der Waals surface area contributed by atoms with E-state index >= 15 is 0 Å². The molecule has 3 aliphatic rings. The van der Waals surface area contributed by atoms with Crippen molar-refractivity contribution in [2.45, 2.75) is 64.1 Å². The van der Waals surface area contributed by atoms with Gasteiger partial charge in [0.2, 0.25) is 0 Å². The minimum atomic E-state index is 0.419. The number of rotatable bonds is 3. The Morgan fingerprint density at radius 1 is 0.895 bits per heavy atom. The molecule has 3 atom stereocenters. The van der Waals surface area contributed by atoms with Gasteiger partial charge >= 0.3 is 0 Å². The maximum atomic E-state index is 6.42. The molecule has 0 amide bonds. The van der Waals surface area contributed by atoms with Gasteiger partial charge in [-0.1, -0.05) is 13.8 Å². The number of piperazine rings is 1. The third kappa shape index (κ3) is 3.14. The van der Waals surface area contributed by atoms with E-state index in [4.69, 9.17) is 5.73 Å². The Bertz CT molecular complexity index is 292. The fraction of sp³-hybridized carbons (Fsp3) is 1.00. The maximum Gasteiger partial charge on any atom is 0.0251 e. The van der Waals surface area contributed by atoms with Crippen LogP contribution >= 0.6 is 0 Å². The van der Waals surface area contributed by atoms with Gasteiger partial charge in [0.05, 0.1) is 0 Å². The zero-order chi connectivity index (χ0) is 13.4. The molecule has 3 heteroatoms. The van der Waals surface area contributed by atoms with E-state index in [1.165, 1.54) is 58.3 Å². The van der Waals surface area contributed by atoms with E-state index in [0.717, 1.165) is 17.9 Å². The molecule has 110 valence electrons. The van der Waals surface area contributed by atoms with Crippen LogP contribution in [0, 0.1) is 11.8 Å². The molecular weight excluding hydrogens is 234 g/mol. The minimum Gasteiger partial charge on any atom is -0.326 e. The summed E-state index contributed by atoms with van der Waals surface area (Å²) in [4.78, 5) is 5.41. The summed E-state index contributed by atoms with van der Waals surface area (Å²) in [5.74, 6) is 1.72. The first-order valence-electron chi connectivity index (χ1n) is 8.39. The van der Waals surface area contributed by atoms with Gasteiger partial charge < -0.3 is 5.73 Å². The molecule has 0 spiro atoms. The fourth-order valence-corrected chi connectivity index (χ4v) is 4.10. The molecular formula is C16H31N3. The Morgan fingerprint density at radius 2 is 1.53 bits per heavy atom. The molecule has 0 bridgehead atoms. The van der Waals surface area contributed by atoms with Crippen molar-refractivity contribution in [2.75, 3.05) is 26.2 Å². The van der Waals surface area contributed by atoms with Crippen LogP contribution in [-0.2, 0) is 0 Å². The van der Waals surface area contributed by atoms with Crippen LogP contribution in [0.4, 0.5) is 0 Å². The Hall–Kier alpha value is -0.120. The van der Waals surface area contributed by atoms with Crippen molar-refractivity contribution < 1.29 is 0 Å². The summed E-state index contributed by atoms with van der Waals surface area (Å²) in [6.45, 7) is 9.81. The summed E-state index contributed by atoms with van der Waals surface area (Å²) < 4.78 is 0. The normalized spacial score (nSPS) is 38.8. The van der Waals surface area contributed by atoms with Gasteiger partial charge in [-0.2, -0.15) is 0 Å². The number of hydrogen-bond acceptors (Lipinski definition) is 3. The third-order valence-corrected chi connectivity index (χ3v) is 5.73. The van der Waals surface area contributed by atoms with Crippen molar-refractivity contribution in [3.63, 3.8) is 0 Å². The van der Waals surface area contributed by atoms with Crippen LogP contribution in [0.5, 0.6) is 0 Å². The lowest BCUT2D eigenvalue weighted by atomic mass is 9.76. The molecule has 3 rings (SSSR count). The topological polar surface area (TPSA) is 32.5 Å². The predicted octanol–water partition coefficient (Wildman–Crippen LogP) is 1.92. The molecule has 0 aromatic heterocycles. The van der Waals surface area contributed by atoms with Crippen molar-refractivity contribution in [1.29, 1.82) is 0 Å².